The average Bonchev–Trinajstić information content (AvgIpc) is 2.68. The summed E-state index contributed by atoms with van der Waals surface area (Å²) in [4.78, 5) is 1.04. The maximum Gasteiger partial charge on any atom is 0.123 e. The fourth-order valence-electron chi connectivity index (χ4n) is 1.34. The molecule has 74 valence electrons. The summed E-state index contributed by atoms with van der Waals surface area (Å²) in [6, 6.07) is 10.5. The van der Waals surface area contributed by atoms with Crippen LogP contribution in [-0.2, 0) is 6.42 Å². The Balaban J connectivity index is 2.30. The lowest BCUT2D eigenvalue weighted by atomic mass is 10.1. The lowest BCUT2D eigenvalue weighted by Crippen LogP contribution is -1.76. The van der Waals surface area contributed by atoms with Crippen LogP contribution in [0.4, 0.5) is 4.39 Å². The van der Waals surface area contributed by atoms with Crippen LogP contribution in [-0.4, -0.2) is 0 Å². The quantitative estimate of drug-likeness (QED) is 0.753. The summed E-state index contributed by atoms with van der Waals surface area (Å²) < 4.78 is 12.7. The van der Waals surface area contributed by atoms with E-state index in [4.69, 9.17) is 5.26 Å². The van der Waals surface area contributed by atoms with E-state index < -0.39 is 0 Å². The second-order valence-electron chi connectivity index (χ2n) is 3.14. The third-order valence-electron chi connectivity index (χ3n) is 2.08. The molecule has 1 heterocycles. The number of halogens is 1. The molecule has 0 unspecified atom stereocenters. The monoisotopic (exact) mass is 217 g/mol. The molecular formula is C12H8FNS. The van der Waals surface area contributed by atoms with Crippen molar-refractivity contribution in [3.8, 4) is 17.2 Å². The number of rotatable bonds is 2. The first-order chi connectivity index (χ1) is 7.29. The molecule has 3 heteroatoms. The Morgan fingerprint density at radius 2 is 1.93 bits per heavy atom. The van der Waals surface area contributed by atoms with Crippen LogP contribution < -0.4 is 0 Å². The Bertz CT molecular complexity index is 493. The molecule has 1 aromatic carbocycles. The summed E-state index contributed by atoms with van der Waals surface area (Å²) in [5.74, 6) is -0.230. The standard InChI is InChI=1S/C12H8FNS/c13-11-3-1-9(2-4-11)10-7-12(5-6-14)15-8-10/h1-4,7-8H,5H2. The highest BCUT2D eigenvalue weighted by atomic mass is 32.1. The van der Waals surface area contributed by atoms with Crippen molar-refractivity contribution < 1.29 is 4.39 Å². The average molecular weight is 217 g/mol. The van der Waals surface area contributed by atoms with Crippen LogP contribution in [0.15, 0.2) is 35.7 Å². The second-order valence-corrected chi connectivity index (χ2v) is 4.14. The van der Waals surface area contributed by atoms with Crippen LogP contribution >= 0.6 is 11.3 Å². The van der Waals surface area contributed by atoms with Gasteiger partial charge in [0.15, 0.2) is 0 Å². The maximum absolute atomic E-state index is 12.7. The van der Waals surface area contributed by atoms with Gasteiger partial charge in [0, 0.05) is 4.88 Å². The number of benzene rings is 1. The van der Waals surface area contributed by atoms with E-state index in [0.717, 1.165) is 16.0 Å². The largest absolute Gasteiger partial charge is 0.207 e. The van der Waals surface area contributed by atoms with Gasteiger partial charge < -0.3 is 0 Å². The molecule has 0 saturated carbocycles. The Labute approximate surface area is 91.4 Å². The van der Waals surface area contributed by atoms with Crippen LogP contribution in [0.1, 0.15) is 4.88 Å². The van der Waals surface area contributed by atoms with Crippen molar-refractivity contribution >= 4 is 11.3 Å². The Morgan fingerprint density at radius 1 is 1.20 bits per heavy atom. The Hall–Kier alpha value is -1.66. The van der Waals surface area contributed by atoms with E-state index in [1.54, 1.807) is 23.5 Å². The zero-order valence-electron chi connectivity index (χ0n) is 7.90. The molecule has 1 nitrogen and oxygen atoms in total. The van der Waals surface area contributed by atoms with Gasteiger partial charge in [0.1, 0.15) is 5.82 Å². The number of hydrogen-bond acceptors (Lipinski definition) is 2. The lowest BCUT2D eigenvalue weighted by molar-refractivity contribution is 0.628. The van der Waals surface area contributed by atoms with Crippen LogP contribution in [0.2, 0.25) is 0 Å². The summed E-state index contributed by atoms with van der Waals surface area (Å²) in [6.07, 6.45) is 0.436. The fourth-order valence-corrected chi connectivity index (χ4v) is 2.17. The van der Waals surface area contributed by atoms with E-state index in [9.17, 15) is 4.39 Å². The number of hydrogen-bond donors (Lipinski definition) is 0. The minimum atomic E-state index is -0.230. The van der Waals surface area contributed by atoms with Crippen molar-refractivity contribution in [1.82, 2.24) is 0 Å². The molecular weight excluding hydrogens is 209 g/mol. The zero-order chi connectivity index (χ0) is 10.7. The molecule has 0 fully saturated rings. The van der Waals surface area contributed by atoms with Crippen molar-refractivity contribution in [2.24, 2.45) is 0 Å². The van der Waals surface area contributed by atoms with E-state index in [0.29, 0.717) is 6.42 Å². The van der Waals surface area contributed by atoms with E-state index >= 15 is 0 Å². The topological polar surface area (TPSA) is 23.8 Å². The van der Waals surface area contributed by atoms with Crippen molar-refractivity contribution in [1.29, 1.82) is 5.26 Å². The molecule has 0 bridgehead atoms. The SMILES string of the molecule is N#CCc1cc(-c2ccc(F)cc2)cs1. The first-order valence-electron chi connectivity index (χ1n) is 4.50. The zero-order valence-corrected chi connectivity index (χ0v) is 8.72. The number of nitriles is 1. The normalized spacial score (nSPS) is 9.87. The van der Waals surface area contributed by atoms with Gasteiger partial charge in [-0.2, -0.15) is 5.26 Å². The van der Waals surface area contributed by atoms with E-state index in [1.807, 2.05) is 11.4 Å². The first-order valence-corrected chi connectivity index (χ1v) is 5.38. The molecule has 0 N–H and O–H groups in total. The van der Waals surface area contributed by atoms with Crippen molar-refractivity contribution in [3.63, 3.8) is 0 Å². The molecule has 0 amide bonds. The summed E-state index contributed by atoms with van der Waals surface area (Å²) in [7, 11) is 0. The van der Waals surface area contributed by atoms with Gasteiger partial charge in [-0.05, 0) is 34.7 Å². The van der Waals surface area contributed by atoms with Gasteiger partial charge >= 0.3 is 0 Å². The molecule has 1 aromatic heterocycles. The molecule has 0 spiro atoms. The van der Waals surface area contributed by atoms with Crippen LogP contribution in [0.3, 0.4) is 0 Å². The molecule has 0 aliphatic carbocycles. The Morgan fingerprint density at radius 3 is 2.60 bits per heavy atom. The van der Waals surface area contributed by atoms with Crippen LogP contribution in [0.5, 0.6) is 0 Å². The highest BCUT2D eigenvalue weighted by Gasteiger charge is 2.02. The molecule has 0 radical (unpaired) electrons. The van der Waals surface area contributed by atoms with Gasteiger partial charge in [0.2, 0.25) is 0 Å². The van der Waals surface area contributed by atoms with E-state index in [1.165, 1.54) is 12.1 Å². The third-order valence-corrected chi connectivity index (χ3v) is 3.02. The smallest absolute Gasteiger partial charge is 0.123 e. The lowest BCUT2D eigenvalue weighted by Gasteiger charge is -1.95. The number of nitrogens with zero attached hydrogens (tertiary/aromatic N) is 1. The van der Waals surface area contributed by atoms with Gasteiger partial charge in [-0.15, -0.1) is 11.3 Å². The molecule has 0 saturated heterocycles. The van der Waals surface area contributed by atoms with Crippen molar-refractivity contribution in [2.45, 2.75) is 6.42 Å². The van der Waals surface area contributed by atoms with Crippen LogP contribution in [0.25, 0.3) is 11.1 Å². The molecule has 0 aliphatic rings. The van der Waals surface area contributed by atoms with Gasteiger partial charge in [-0.1, -0.05) is 12.1 Å². The molecule has 0 aliphatic heterocycles. The summed E-state index contributed by atoms with van der Waals surface area (Å²) in [6.45, 7) is 0. The predicted molar refractivity (Wildman–Crippen MR) is 59.0 cm³/mol. The highest BCUT2D eigenvalue weighted by molar-refractivity contribution is 7.10. The van der Waals surface area contributed by atoms with E-state index in [-0.39, 0.29) is 5.82 Å². The van der Waals surface area contributed by atoms with E-state index in [2.05, 4.69) is 6.07 Å². The molecule has 0 atom stereocenters. The van der Waals surface area contributed by atoms with Gasteiger partial charge in [0.25, 0.3) is 0 Å². The van der Waals surface area contributed by atoms with Gasteiger partial charge in [-0.3, -0.25) is 0 Å². The third kappa shape index (κ3) is 2.23. The van der Waals surface area contributed by atoms with Crippen molar-refractivity contribution in [3.05, 3.63) is 46.4 Å². The minimum Gasteiger partial charge on any atom is -0.207 e. The molecule has 2 aromatic rings. The predicted octanol–water partition coefficient (Wildman–Crippen LogP) is 3.62. The first kappa shape index (κ1) is 9.88. The fraction of sp³-hybridized carbons (Fsp3) is 0.0833. The summed E-state index contributed by atoms with van der Waals surface area (Å²) >= 11 is 1.56. The Kier molecular flexibility index (Phi) is 2.79. The van der Waals surface area contributed by atoms with Crippen molar-refractivity contribution in [2.75, 3.05) is 0 Å². The minimum absolute atomic E-state index is 0.230. The summed E-state index contributed by atoms with van der Waals surface area (Å²) in [5.41, 5.74) is 2.03. The highest BCUT2D eigenvalue weighted by Crippen LogP contribution is 2.25. The molecule has 15 heavy (non-hydrogen) atoms. The maximum atomic E-state index is 12.7. The summed E-state index contributed by atoms with van der Waals surface area (Å²) in [5, 5.41) is 10.5. The number of thiophene rings is 1. The molecule has 2 rings (SSSR count). The van der Waals surface area contributed by atoms with Crippen LogP contribution in [0, 0.1) is 17.1 Å². The van der Waals surface area contributed by atoms with Gasteiger partial charge in [-0.25, -0.2) is 4.39 Å². The second kappa shape index (κ2) is 4.24. The van der Waals surface area contributed by atoms with Gasteiger partial charge in [0.05, 0.1) is 12.5 Å².